The monoisotopic (exact) mass is 604 g/mol. The number of amides is 3. The second kappa shape index (κ2) is 14.7. The predicted octanol–water partition coefficient (Wildman–Crippen LogP) is 6.39. The number of rotatable bonds is 10. The van der Waals surface area contributed by atoms with E-state index in [1.807, 2.05) is 11.0 Å². The van der Waals surface area contributed by atoms with Gasteiger partial charge in [-0.15, -0.1) is 0 Å². The molecule has 1 N–H and O–H groups in total. The van der Waals surface area contributed by atoms with Gasteiger partial charge in [-0.2, -0.15) is 0 Å². The van der Waals surface area contributed by atoms with E-state index in [9.17, 15) is 14.0 Å². The number of carbonyl (C=O) groups excluding carboxylic acids is 2. The van der Waals surface area contributed by atoms with Crippen LogP contribution in [0, 0.1) is 11.7 Å². The van der Waals surface area contributed by atoms with Crippen LogP contribution in [-0.2, 0) is 17.6 Å². The summed E-state index contributed by atoms with van der Waals surface area (Å²) in [5.74, 6) is 0.331. The highest BCUT2D eigenvalue weighted by Crippen LogP contribution is 2.34. The zero-order valence-corrected chi connectivity index (χ0v) is 26.0. The molecule has 6 nitrogen and oxygen atoms in total. The number of halogens is 3. The molecule has 224 valence electrons. The minimum atomic E-state index is -0.773. The van der Waals surface area contributed by atoms with Crippen LogP contribution in [0.1, 0.15) is 61.6 Å². The van der Waals surface area contributed by atoms with Crippen LogP contribution >= 0.6 is 23.2 Å². The molecule has 2 heterocycles. The van der Waals surface area contributed by atoms with Gasteiger partial charge in [0, 0.05) is 49.2 Å². The van der Waals surface area contributed by atoms with E-state index in [0.29, 0.717) is 43.6 Å². The van der Waals surface area contributed by atoms with Gasteiger partial charge in [0.2, 0.25) is 5.91 Å². The summed E-state index contributed by atoms with van der Waals surface area (Å²) in [4.78, 5) is 32.7. The molecule has 0 saturated carbocycles. The Hall–Kier alpha value is -2.35. The Morgan fingerprint density at radius 1 is 0.976 bits per heavy atom. The Kier molecular flexibility index (Phi) is 11.3. The van der Waals surface area contributed by atoms with E-state index in [2.05, 4.69) is 43.4 Å². The molecular formula is C32H43Cl2FN4O2. The lowest BCUT2D eigenvalue weighted by Crippen LogP contribution is -2.54. The van der Waals surface area contributed by atoms with Crippen molar-refractivity contribution >= 4 is 35.1 Å². The van der Waals surface area contributed by atoms with Crippen LogP contribution in [-0.4, -0.2) is 79.5 Å². The summed E-state index contributed by atoms with van der Waals surface area (Å²) in [6.45, 7) is 5.85. The molecule has 2 aliphatic heterocycles. The zero-order chi connectivity index (χ0) is 29.5. The first-order valence-corrected chi connectivity index (χ1v) is 15.6. The highest BCUT2D eigenvalue weighted by atomic mass is 35.5. The molecule has 41 heavy (non-hydrogen) atoms. The number of nitrogens with zero attached hydrogens (tertiary/aromatic N) is 3. The van der Waals surface area contributed by atoms with Crippen LogP contribution in [0.15, 0.2) is 36.4 Å². The Bertz CT molecular complexity index is 1200. The quantitative estimate of drug-likeness (QED) is 0.342. The van der Waals surface area contributed by atoms with Gasteiger partial charge < -0.3 is 20.0 Å². The lowest BCUT2D eigenvalue weighted by atomic mass is 9.83. The Balaban J connectivity index is 1.46. The maximum atomic E-state index is 13.8. The smallest absolute Gasteiger partial charge is 0.318 e. The van der Waals surface area contributed by atoms with E-state index < -0.39 is 11.9 Å². The second-order valence-corrected chi connectivity index (χ2v) is 12.7. The Morgan fingerprint density at radius 3 is 2.32 bits per heavy atom. The molecule has 2 aromatic rings. The van der Waals surface area contributed by atoms with Crippen molar-refractivity contribution < 1.29 is 14.0 Å². The normalized spacial score (nSPS) is 17.6. The molecule has 2 saturated heterocycles. The lowest BCUT2D eigenvalue weighted by molar-refractivity contribution is -0.134. The number of piperidine rings is 1. The number of carbonyl (C=O) groups is 2. The van der Waals surface area contributed by atoms with Gasteiger partial charge in [-0.1, -0.05) is 48.7 Å². The first kappa shape index (κ1) is 31.6. The van der Waals surface area contributed by atoms with Crippen LogP contribution in [0.3, 0.4) is 0 Å². The van der Waals surface area contributed by atoms with Gasteiger partial charge in [0.25, 0.3) is 0 Å². The molecule has 0 spiro atoms. The minimum absolute atomic E-state index is 0.121. The third-order valence-electron chi connectivity index (χ3n) is 8.49. The molecule has 9 heteroatoms. The molecule has 2 atom stereocenters. The molecule has 3 amide bonds. The van der Waals surface area contributed by atoms with E-state index in [4.69, 9.17) is 23.2 Å². The number of likely N-dealkylation sites (tertiary alicyclic amines) is 2. The minimum Gasteiger partial charge on any atom is -0.341 e. The summed E-state index contributed by atoms with van der Waals surface area (Å²) in [6.07, 6.45) is 5.90. The maximum absolute atomic E-state index is 13.8. The standard InChI is InChI=1S/C32H43Cl2FN4O2/c1-4-22(21-37(2)3)17-25-18-26(33)8-10-28(25)23-11-15-38(16-12-23)31(40)30(36-32(41)39-13-5-6-14-39)19-24-7-9-27(35)20-29(24)34/h7-10,18,20,22-23,30H,4-6,11-17,19,21H2,1-3H3,(H,36,41)/t22-,30-/m1/s1. The molecule has 2 aromatic carbocycles. The SMILES string of the molecule is CC[C@H](Cc1cc(Cl)ccc1C1CCN(C(=O)[C@@H](Cc2ccc(F)cc2Cl)NC(=O)N2CCCC2)CC1)CN(C)C. The van der Waals surface area contributed by atoms with Crippen molar-refractivity contribution in [3.05, 3.63) is 69.0 Å². The van der Waals surface area contributed by atoms with Crippen molar-refractivity contribution in [2.45, 2.75) is 63.8 Å². The van der Waals surface area contributed by atoms with E-state index in [-0.39, 0.29) is 23.4 Å². The van der Waals surface area contributed by atoms with Gasteiger partial charge in [-0.3, -0.25) is 4.79 Å². The zero-order valence-electron chi connectivity index (χ0n) is 24.5. The van der Waals surface area contributed by atoms with Crippen molar-refractivity contribution in [1.29, 1.82) is 0 Å². The topological polar surface area (TPSA) is 55.9 Å². The summed E-state index contributed by atoms with van der Waals surface area (Å²) in [7, 11) is 4.22. The van der Waals surface area contributed by atoms with E-state index in [1.165, 1.54) is 23.3 Å². The number of hydrogen-bond acceptors (Lipinski definition) is 3. The van der Waals surface area contributed by atoms with Crippen molar-refractivity contribution in [2.75, 3.05) is 46.8 Å². The Labute approximate surface area is 254 Å². The summed E-state index contributed by atoms with van der Waals surface area (Å²) >= 11 is 12.7. The van der Waals surface area contributed by atoms with Gasteiger partial charge >= 0.3 is 6.03 Å². The second-order valence-electron chi connectivity index (χ2n) is 11.8. The number of hydrogen-bond donors (Lipinski definition) is 1. The Morgan fingerprint density at radius 2 is 1.68 bits per heavy atom. The number of nitrogens with one attached hydrogen (secondary N) is 1. The van der Waals surface area contributed by atoms with Crippen molar-refractivity contribution in [1.82, 2.24) is 20.0 Å². The third-order valence-corrected chi connectivity index (χ3v) is 9.08. The maximum Gasteiger partial charge on any atom is 0.318 e. The van der Waals surface area contributed by atoms with Gasteiger partial charge in [0.1, 0.15) is 11.9 Å². The summed E-state index contributed by atoms with van der Waals surface area (Å²) in [5, 5.41) is 3.99. The van der Waals surface area contributed by atoms with Crippen LogP contribution in [0.2, 0.25) is 10.0 Å². The van der Waals surface area contributed by atoms with Gasteiger partial charge in [0.05, 0.1) is 0 Å². The van der Waals surface area contributed by atoms with Crippen LogP contribution in [0.4, 0.5) is 9.18 Å². The fourth-order valence-electron chi connectivity index (χ4n) is 6.21. The molecule has 0 aliphatic carbocycles. The van der Waals surface area contributed by atoms with Crippen LogP contribution in [0.25, 0.3) is 0 Å². The highest BCUT2D eigenvalue weighted by molar-refractivity contribution is 6.31. The number of benzene rings is 2. The third kappa shape index (κ3) is 8.59. The molecule has 2 aliphatic rings. The first-order valence-electron chi connectivity index (χ1n) is 14.9. The van der Waals surface area contributed by atoms with Gasteiger partial charge in [0.15, 0.2) is 0 Å². The highest BCUT2D eigenvalue weighted by Gasteiger charge is 2.32. The lowest BCUT2D eigenvalue weighted by Gasteiger charge is -2.36. The van der Waals surface area contributed by atoms with Crippen molar-refractivity contribution in [3.8, 4) is 0 Å². The van der Waals surface area contributed by atoms with Crippen LogP contribution < -0.4 is 5.32 Å². The average Bonchev–Trinajstić information content (AvgIpc) is 3.49. The molecule has 0 bridgehead atoms. The van der Waals surface area contributed by atoms with E-state index in [1.54, 1.807) is 11.0 Å². The van der Waals surface area contributed by atoms with Crippen LogP contribution in [0.5, 0.6) is 0 Å². The molecule has 2 fully saturated rings. The molecule has 0 radical (unpaired) electrons. The molecule has 0 unspecified atom stereocenters. The molecular weight excluding hydrogens is 562 g/mol. The fourth-order valence-corrected chi connectivity index (χ4v) is 6.65. The molecule has 4 rings (SSSR count). The number of urea groups is 1. The summed E-state index contributed by atoms with van der Waals surface area (Å²) in [5.41, 5.74) is 3.27. The largest absolute Gasteiger partial charge is 0.341 e. The van der Waals surface area contributed by atoms with E-state index >= 15 is 0 Å². The first-order chi connectivity index (χ1) is 19.6. The fraction of sp³-hybridized carbons (Fsp3) is 0.562. The van der Waals surface area contributed by atoms with Crippen molar-refractivity contribution in [3.63, 3.8) is 0 Å². The summed E-state index contributed by atoms with van der Waals surface area (Å²) < 4.78 is 13.7. The van der Waals surface area contributed by atoms with E-state index in [0.717, 1.165) is 50.1 Å². The molecule has 0 aromatic heterocycles. The van der Waals surface area contributed by atoms with Gasteiger partial charge in [-0.25, -0.2) is 9.18 Å². The van der Waals surface area contributed by atoms with Crippen molar-refractivity contribution in [2.24, 2.45) is 5.92 Å². The predicted molar refractivity (Wildman–Crippen MR) is 164 cm³/mol. The average molecular weight is 606 g/mol. The van der Waals surface area contributed by atoms with Gasteiger partial charge in [-0.05, 0) is 99.0 Å². The summed E-state index contributed by atoms with van der Waals surface area (Å²) in [6, 6.07) is 9.42.